The summed E-state index contributed by atoms with van der Waals surface area (Å²) in [6.45, 7) is 1.25. The van der Waals surface area contributed by atoms with Crippen molar-refractivity contribution >= 4 is 23.5 Å². The number of nitrogens with zero attached hydrogens (tertiary/aromatic N) is 2. The van der Waals surface area contributed by atoms with Crippen LogP contribution in [0.2, 0.25) is 0 Å². The molecule has 0 unspecified atom stereocenters. The molecule has 1 saturated heterocycles. The number of nitrogens with one attached hydrogen (secondary N) is 2. The Balaban J connectivity index is 1.66. The molecule has 1 heterocycles. The molecule has 0 radical (unpaired) electrons. The van der Waals surface area contributed by atoms with Crippen LogP contribution >= 0.6 is 0 Å². The molecule has 0 saturated carbocycles. The average Bonchev–Trinajstić information content (AvgIpc) is 2.96. The van der Waals surface area contributed by atoms with Crippen molar-refractivity contribution in [2.75, 3.05) is 13.7 Å². The monoisotopic (exact) mass is 412 g/mol. The topological polar surface area (TPSA) is 131 Å². The van der Waals surface area contributed by atoms with E-state index in [4.69, 9.17) is 4.74 Å². The minimum absolute atomic E-state index is 0.132. The highest BCUT2D eigenvalue weighted by atomic mass is 16.6. The Morgan fingerprint density at radius 1 is 1.23 bits per heavy atom. The second kappa shape index (κ2) is 8.19. The zero-order chi connectivity index (χ0) is 21.9. The van der Waals surface area contributed by atoms with Crippen molar-refractivity contribution in [3.63, 3.8) is 0 Å². The zero-order valence-corrected chi connectivity index (χ0v) is 16.4. The van der Waals surface area contributed by atoms with E-state index in [0.29, 0.717) is 11.3 Å². The number of benzene rings is 2. The van der Waals surface area contributed by atoms with E-state index in [0.717, 1.165) is 10.5 Å². The first-order valence-corrected chi connectivity index (χ1v) is 9.03. The lowest BCUT2D eigenvalue weighted by Crippen LogP contribution is -2.43. The molecule has 0 bridgehead atoms. The normalized spacial score (nSPS) is 18.1. The molecule has 2 N–H and O–H groups in total. The lowest BCUT2D eigenvalue weighted by Gasteiger charge is -2.22. The fourth-order valence-corrected chi connectivity index (χ4v) is 3.14. The molecule has 156 valence electrons. The molecule has 10 heteroatoms. The molecular weight excluding hydrogens is 392 g/mol. The maximum Gasteiger partial charge on any atom is 0.325 e. The predicted octanol–water partition coefficient (Wildman–Crippen LogP) is 1.69. The lowest BCUT2D eigenvalue weighted by atomic mass is 9.92. The van der Waals surface area contributed by atoms with Crippen LogP contribution in [-0.4, -0.2) is 41.3 Å². The molecule has 3 rings (SSSR count). The second-order valence-corrected chi connectivity index (χ2v) is 6.88. The highest BCUT2D eigenvalue weighted by Gasteiger charge is 2.49. The van der Waals surface area contributed by atoms with E-state index in [9.17, 15) is 24.5 Å². The Kier molecular flexibility index (Phi) is 5.67. The molecule has 1 aliphatic rings. The first kappa shape index (κ1) is 20.8. The van der Waals surface area contributed by atoms with Crippen LogP contribution in [0.25, 0.3) is 0 Å². The van der Waals surface area contributed by atoms with Gasteiger partial charge in [-0.1, -0.05) is 12.1 Å². The molecule has 0 aromatic heterocycles. The summed E-state index contributed by atoms with van der Waals surface area (Å²) < 4.78 is 5.13. The largest absolute Gasteiger partial charge is 0.497 e. The number of non-ortho nitro benzene ring substituents is 1. The molecule has 2 aromatic carbocycles. The Morgan fingerprint density at radius 2 is 1.93 bits per heavy atom. The van der Waals surface area contributed by atoms with Crippen LogP contribution in [0.1, 0.15) is 18.1 Å². The van der Waals surface area contributed by atoms with E-state index < -0.39 is 34.9 Å². The van der Waals surface area contributed by atoms with Gasteiger partial charge in [-0.05, 0) is 42.3 Å². The third-order valence-corrected chi connectivity index (χ3v) is 4.86. The summed E-state index contributed by atoms with van der Waals surface area (Å²) in [6.07, 6.45) is 0. The summed E-state index contributed by atoms with van der Waals surface area (Å²) in [5.41, 5.74) is -0.367. The van der Waals surface area contributed by atoms with Crippen molar-refractivity contribution in [2.45, 2.75) is 19.0 Å². The van der Waals surface area contributed by atoms with Crippen LogP contribution in [-0.2, 0) is 21.7 Å². The van der Waals surface area contributed by atoms with Gasteiger partial charge in [0.2, 0.25) is 5.91 Å². The maximum atomic E-state index is 12.9. The number of nitro benzene ring substituents is 1. The van der Waals surface area contributed by atoms with Gasteiger partial charge in [-0.3, -0.25) is 24.6 Å². The third kappa shape index (κ3) is 4.07. The predicted molar refractivity (Wildman–Crippen MR) is 106 cm³/mol. The Bertz CT molecular complexity index is 1010. The number of amides is 4. The van der Waals surface area contributed by atoms with E-state index in [1.54, 1.807) is 18.2 Å². The number of methoxy groups -OCH3 is 1. The van der Waals surface area contributed by atoms with Crippen molar-refractivity contribution in [3.8, 4) is 5.75 Å². The number of nitro groups is 1. The summed E-state index contributed by atoms with van der Waals surface area (Å²) in [5.74, 6) is -0.470. The van der Waals surface area contributed by atoms with Crippen LogP contribution in [0.5, 0.6) is 5.75 Å². The van der Waals surface area contributed by atoms with Gasteiger partial charge in [0.25, 0.3) is 11.6 Å². The summed E-state index contributed by atoms with van der Waals surface area (Å²) >= 11 is 0. The summed E-state index contributed by atoms with van der Waals surface area (Å²) in [7, 11) is 1.54. The molecular formula is C20H20N4O6. The summed E-state index contributed by atoms with van der Waals surface area (Å²) in [5, 5.41) is 16.0. The number of carbonyl (C=O) groups is 3. The molecule has 2 aromatic rings. The van der Waals surface area contributed by atoms with Crippen LogP contribution in [0.3, 0.4) is 0 Å². The van der Waals surface area contributed by atoms with E-state index in [2.05, 4.69) is 10.6 Å². The Hall–Kier alpha value is -3.95. The number of carbonyl (C=O) groups excluding carboxylic acids is 3. The quantitative estimate of drug-likeness (QED) is 0.404. The highest BCUT2D eigenvalue weighted by Crippen LogP contribution is 2.29. The van der Waals surface area contributed by atoms with Crippen molar-refractivity contribution in [3.05, 3.63) is 69.8 Å². The fraction of sp³-hybridized carbons (Fsp3) is 0.250. The van der Waals surface area contributed by atoms with Crippen molar-refractivity contribution in [1.82, 2.24) is 15.5 Å². The number of rotatable bonds is 7. The SMILES string of the molecule is COc1cccc(CNC(=O)CN2C(=O)N[C@@](C)(c3ccc([N+](=O)[O-])cc3)C2=O)c1. The average molecular weight is 412 g/mol. The third-order valence-electron chi connectivity index (χ3n) is 4.86. The minimum atomic E-state index is -1.42. The first-order valence-electron chi connectivity index (χ1n) is 9.03. The van der Waals surface area contributed by atoms with Gasteiger partial charge in [-0.2, -0.15) is 0 Å². The van der Waals surface area contributed by atoms with Crippen molar-refractivity contribution in [2.24, 2.45) is 0 Å². The van der Waals surface area contributed by atoms with E-state index in [1.165, 1.54) is 38.3 Å². The number of urea groups is 1. The number of imide groups is 1. The minimum Gasteiger partial charge on any atom is -0.497 e. The maximum absolute atomic E-state index is 12.9. The summed E-state index contributed by atoms with van der Waals surface area (Å²) in [6, 6.07) is 11.7. The van der Waals surface area contributed by atoms with Gasteiger partial charge in [0.1, 0.15) is 17.8 Å². The van der Waals surface area contributed by atoms with Gasteiger partial charge in [0.15, 0.2) is 0 Å². The first-order chi connectivity index (χ1) is 14.2. The summed E-state index contributed by atoms with van der Waals surface area (Å²) in [4.78, 5) is 48.6. The molecule has 1 atom stereocenters. The smallest absolute Gasteiger partial charge is 0.325 e. The number of hydrogen-bond donors (Lipinski definition) is 2. The van der Waals surface area contributed by atoms with Crippen LogP contribution in [0.4, 0.5) is 10.5 Å². The van der Waals surface area contributed by atoms with Crippen LogP contribution in [0.15, 0.2) is 48.5 Å². The van der Waals surface area contributed by atoms with E-state index >= 15 is 0 Å². The standard InChI is InChI=1S/C20H20N4O6/c1-20(14-6-8-15(9-7-14)24(28)29)18(26)23(19(27)22-20)12-17(25)21-11-13-4-3-5-16(10-13)30-2/h3-10H,11-12H2,1-2H3,(H,21,25)(H,22,27)/t20-/m0/s1. The highest BCUT2D eigenvalue weighted by molar-refractivity contribution is 6.09. The van der Waals surface area contributed by atoms with Crippen LogP contribution in [0, 0.1) is 10.1 Å². The van der Waals surface area contributed by atoms with Crippen LogP contribution < -0.4 is 15.4 Å². The number of hydrogen-bond acceptors (Lipinski definition) is 6. The van der Waals surface area contributed by atoms with Gasteiger partial charge in [-0.15, -0.1) is 0 Å². The molecule has 1 aliphatic heterocycles. The molecule has 0 spiro atoms. The Morgan fingerprint density at radius 3 is 2.57 bits per heavy atom. The van der Waals surface area contributed by atoms with E-state index in [-0.39, 0.29) is 12.2 Å². The van der Waals surface area contributed by atoms with Gasteiger partial charge in [-0.25, -0.2) is 4.79 Å². The van der Waals surface area contributed by atoms with Gasteiger partial charge >= 0.3 is 6.03 Å². The van der Waals surface area contributed by atoms with Crippen molar-refractivity contribution < 1.29 is 24.0 Å². The fourth-order valence-electron chi connectivity index (χ4n) is 3.14. The lowest BCUT2D eigenvalue weighted by molar-refractivity contribution is -0.384. The van der Waals surface area contributed by atoms with Gasteiger partial charge in [0.05, 0.1) is 12.0 Å². The molecule has 0 aliphatic carbocycles. The second-order valence-electron chi connectivity index (χ2n) is 6.88. The van der Waals surface area contributed by atoms with E-state index in [1.807, 2.05) is 6.07 Å². The van der Waals surface area contributed by atoms with Crippen molar-refractivity contribution in [1.29, 1.82) is 0 Å². The van der Waals surface area contributed by atoms with Gasteiger partial charge < -0.3 is 15.4 Å². The molecule has 30 heavy (non-hydrogen) atoms. The number of ether oxygens (including phenoxy) is 1. The van der Waals surface area contributed by atoms with Gasteiger partial charge in [0, 0.05) is 18.7 Å². The Labute approximate surface area is 172 Å². The molecule has 4 amide bonds. The molecule has 1 fully saturated rings. The zero-order valence-electron chi connectivity index (χ0n) is 16.4. The molecule has 10 nitrogen and oxygen atoms in total.